The fraction of sp³-hybridized carbons (Fsp3) is 0.364. The van der Waals surface area contributed by atoms with Crippen LogP contribution in [-0.2, 0) is 30.8 Å². The Morgan fingerprint density at radius 3 is 2.29 bits per heavy atom. The lowest BCUT2D eigenvalue weighted by molar-refractivity contribution is -0.140. The number of amides is 1. The second kappa shape index (κ2) is 12.0. The van der Waals surface area contributed by atoms with Gasteiger partial charge in [-0.15, -0.1) is 0 Å². The van der Waals surface area contributed by atoms with Crippen LogP contribution in [0.3, 0.4) is 0 Å². The predicted octanol–water partition coefficient (Wildman–Crippen LogP) is 4.03. The van der Waals surface area contributed by atoms with Crippen molar-refractivity contribution in [2.45, 2.75) is 50.0 Å². The lowest BCUT2D eigenvalue weighted by atomic mass is 10.1. The standard InChI is InChI=1S/C22H27BrN2O5S/c1-3-4-5-20(25-31(28,29)19-13-9-17(23)10-14-19)22(27)24-18-11-6-16(7-12-18)8-15-21(26)30-2/h6-7,9-14,20,25H,3-5,8,15H2,1-2H3,(H,24,27)/t20-/m0/s1. The van der Waals surface area contributed by atoms with Gasteiger partial charge in [-0.3, -0.25) is 9.59 Å². The van der Waals surface area contributed by atoms with Gasteiger partial charge in [0.2, 0.25) is 15.9 Å². The van der Waals surface area contributed by atoms with E-state index >= 15 is 0 Å². The summed E-state index contributed by atoms with van der Waals surface area (Å²) in [5.41, 5.74) is 1.48. The van der Waals surface area contributed by atoms with Crippen LogP contribution in [0.4, 0.5) is 5.69 Å². The van der Waals surface area contributed by atoms with Crippen molar-refractivity contribution in [3.8, 4) is 0 Å². The molecule has 1 amide bonds. The summed E-state index contributed by atoms with van der Waals surface area (Å²) in [5.74, 6) is -0.703. The first-order valence-corrected chi connectivity index (χ1v) is 12.3. The van der Waals surface area contributed by atoms with Crippen LogP contribution < -0.4 is 10.0 Å². The molecule has 0 aromatic heterocycles. The topological polar surface area (TPSA) is 102 Å². The summed E-state index contributed by atoms with van der Waals surface area (Å²) in [6.07, 6.45) is 2.73. The molecule has 9 heteroatoms. The van der Waals surface area contributed by atoms with Crippen LogP contribution in [0.1, 0.15) is 38.2 Å². The molecule has 0 fully saturated rings. The molecule has 0 radical (unpaired) electrons. The molecule has 168 valence electrons. The van der Waals surface area contributed by atoms with Crippen LogP contribution in [0.2, 0.25) is 0 Å². The second-order valence-corrected chi connectivity index (χ2v) is 9.66. The third-order valence-electron chi connectivity index (χ3n) is 4.65. The molecule has 0 aliphatic heterocycles. The van der Waals surface area contributed by atoms with Crippen LogP contribution in [0, 0.1) is 0 Å². The van der Waals surface area contributed by atoms with Gasteiger partial charge in [-0.05, 0) is 54.8 Å². The maximum atomic E-state index is 12.8. The Morgan fingerprint density at radius 1 is 1.06 bits per heavy atom. The highest BCUT2D eigenvalue weighted by molar-refractivity contribution is 9.10. The van der Waals surface area contributed by atoms with E-state index in [1.807, 2.05) is 19.1 Å². The normalized spacial score (nSPS) is 12.2. The Balaban J connectivity index is 2.07. The molecule has 0 aliphatic carbocycles. The van der Waals surface area contributed by atoms with Gasteiger partial charge >= 0.3 is 5.97 Å². The molecule has 0 saturated carbocycles. The number of carbonyl (C=O) groups is 2. The van der Waals surface area contributed by atoms with Crippen molar-refractivity contribution in [1.82, 2.24) is 4.72 Å². The lowest BCUT2D eigenvalue weighted by Gasteiger charge is -2.18. The van der Waals surface area contributed by atoms with E-state index in [2.05, 4.69) is 30.7 Å². The number of nitrogens with one attached hydrogen (secondary N) is 2. The summed E-state index contributed by atoms with van der Waals surface area (Å²) >= 11 is 3.28. The number of esters is 1. The molecule has 7 nitrogen and oxygen atoms in total. The quantitative estimate of drug-likeness (QED) is 0.444. The van der Waals surface area contributed by atoms with Gasteiger partial charge in [0.05, 0.1) is 12.0 Å². The van der Waals surface area contributed by atoms with Crippen LogP contribution in [-0.4, -0.2) is 33.4 Å². The summed E-state index contributed by atoms with van der Waals surface area (Å²) in [4.78, 5) is 24.2. The molecular weight excluding hydrogens is 484 g/mol. The van der Waals surface area contributed by atoms with Crippen molar-refractivity contribution >= 4 is 43.5 Å². The zero-order valence-corrected chi connectivity index (χ0v) is 20.0. The molecule has 2 aromatic rings. The molecule has 2 aromatic carbocycles. The molecule has 0 bridgehead atoms. The Labute approximate surface area is 191 Å². The molecule has 2 N–H and O–H groups in total. The largest absolute Gasteiger partial charge is 0.469 e. The van der Waals surface area contributed by atoms with E-state index in [0.29, 0.717) is 24.9 Å². The number of aryl methyl sites for hydroxylation is 1. The predicted molar refractivity (Wildman–Crippen MR) is 123 cm³/mol. The third kappa shape index (κ3) is 8.08. The smallest absolute Gasteiger partial charge is 0.305 e. The highest BCUT2D eigenvalue weighted by Crippen LogP contribution is 2.17. The molecule has 2 rings (SSSR count). The third-order valence-corrected chi connectivity index (χ3v) is 6.67. The summed E-state index contributed by atoms with van der Waals surface area (Å²) in [6, 6.07) is 12.4. The van der Waals surface area contributed by atoms with Gasteiger partial charge < -0.3 is 10.1 Å². The molecule has 0 aliphatic rings. The lowest BCUT2D eigenvalue weighted by Crippen LogP contribution is -2.43. The zero-order chi connectivity index (χ0) is 22.9. The number of unbranched alkanes of at least 4 members (excludes halogenated alkanes) is 1. The molecule has 0 heterocycles. The maximum absolute atomic E-state index is 12.8. The molecule has 1 atom stereocenters. The van der Waals surface area contributed by atoms with Gasteiger partial charge in [-0.2, -0.15) is 4.72 Å². The Hall–Kier alpha value is -2.23. The molecular formula is C22H27BrN2O5S. The van der Waals surface area contributed by atoms with E-state index in [1.165, 1.54) is 19.2 Å². The van der Waals surface area contributed by atoms with Crippen LogP contribution in [0.5, 0.6) is 0 Å². The Morgan fingerprint density at radius 2 is 1.71 bits per heavy atom. The number of rotatable bonds is 11. The fourth-order valence-electron chi connectivity index (χ4n) is 2.85. The number of hydrogen-bond acceptors (Lipinski definition) is 5. The number of methoxy groups -OCH3 is 1. The summed E-state index contributed by atoms with van der Waals surface area (Å²) < 4.78 is 33.4. The first-order chi connectivity index (χ1) is 14.7. The van der Waals surface area contributed by atoms with E-state index in [-0.39, 0.29) is 17.3 Å². The van der Waals surface area contributed by atoms with Gasteiger partial charge in [0.1, 0.15) is 6.04 Å². The summed E-state index contributed by atoms with van der Waals surface area (Å²) in [6.45, 7) is 1.98. The number of carbonyl (C=O) groups excluding carboxylic acids is 2. The molecule has 0 unspecified atom stereocenters. The maximum Gasteiger partial charge on any atom is 0.305 e. The van der Waals surface area contributed by atoms with Crippen LogP contribution >= 0.6 is 15.9 Å². The van der Waals surface area contributed by atoms with Crippen molar-refractivity contribution in [2.24, 2.45) is 0 Å². The summed E-state index contributed by atoms with van der Waals surface area (Å²) in [7, 11) is -2.50. The van der Waals surface area contributed by atoms with Crippen LogP contribution in [0.15, 0.2) is 57.9 Å². The van der Waals surface area contributed by atoms with E-state index in [9.17, 15) is 18.0 Å². The van der Waals surface area contributed by atoms with E-state index in [4.69, 9.17) is 0 Å². The van der Waals surface area contributed by atoms with Crippen LogP contribution in [0.25, 0.3) is 0 Å². The van der Waals surface area contributed by atoms with Crippen molar-refractivity contribution in [3.05, 3.63) is 58.6 Å². The SMILES string of the molecule is CCCC[C@H](NS(=O)(=O)c1ccc(Br)cc1)C(=O)Nc1ccc(CCC(=O)OC)cc1. The molecule has 31 heavy (non-hydrogen) atoms. The average Bonchev–Trinajstić information content (AvgIpc) is 2.76. The van der Waals surface area contributed by atoms with Gasteiger partial charge in [-0.1, -0.05) is 47.8 Å². The van der Waals surface area contributed by atoms with Gasteiger partial charge in [0.25, 0.3) is 0 Å². The highest BCUT2D eigenvalue weighted by atomic mass is 79.9. The fourth-order valence-corrected chi connectivity index (χ4v) is 4.35. The minimum atomic E-state index is -3.84. The first-order valence-electron chi connectivity index (χ1n) is 9.99. The number of ether oxygens (including phenoxy) is 1. The minimum Gasteiger partial charge on any atom is -0.469 e. The Bertz CT molecular complexity index is 976. The van der Waals surface area contributed by atoms with Gasteiger partial charge in [-0.25, -0.2) is 8.42 Å². The van der Waals surface area contributed by atoms with E-state index in [0.717, 1.165) is 16.5 Å². The van der Waals surface area contributed by atoms with Gasteiger partial charge in [0.15, 0.2) is 0 Å². The number of halogens is 1. The molecule has 0 saturated heterocycles. The minimum absolute atomic E-state index is 0.0972. The number of hydrogen-bond donors (Lipinski definition) is 2. The van der Waals surface area contributed by atoms with Crippen molar-refractivity contribution in [1.29, 1.82) is 0 Å². The summed E-state index contributed by atoms with van der Waals surface area (Å²) in [5, 5.41) is 2.77. The second-order valence-electron chi connectivity index (χ2n) is 7.03. The Kier molecular flexibility index (Phi) is 9.67. The average molecular weight is 511 g/mol. The monoisotopic (exact) mass is 510 g/mol. The zero-order valence-electron chi connectivity index (χ0n) is 17.6. The number of anilines is 1. The molecule has 0 spiro atoms. The first kappa shape index (κ1) is 25.0. The van der Waals surface area contributed by atoms with E-state index < -0.39 is 22.0 Å². The van der Waals surface area contributed by atoms with Crippen molar-refractivity contribution in [2.75, 3.05) is 12.4 Å². The highest BCUT2D eigenvalue weighted by Gasteiger charge is 2.25. The number of sulfonamides is 1. The van der Waals surface area contributed by atoms with Crippen molar-refractivity contribution < 1.29 is 22.7 Å². The van der Waals surface area contributed by atoms with E-state index in [1.54, 1.807) is 24.3 Å². The van der Waals surface area contributed by atoms with Gasteiger partial charge in [0, 0.05) is 16.6 Å². The van der Waals surface area contributed by atoms with Crippen molar-refractivity contribution in [3.63, 3.8) is 0 Å². The number of benzene rings is 2.